The molecule has 1 heterocycles. The summed E-state index contributed by atoms with van der Waals surface area (Å²) in [4.78, 5) is 22.6. The van der Waals surface area contributed by atoms with Crippen LogP contribution in [0.15, 0.2) is 36.5 Å². The minimum Gasteiger partial charge on any atom is -0.494 e. The predicted molar refractivity (Wildman–Crippen MR) is 91.2 cm³/mol. The zero-order valence-corrected chi connectivity index (χ0v) is 14.5. The van der Waals surface area contributed by atoms with Gasteiger partial charge in [0.1, 0.15) is 11.4 Å². The summed E-state index contributed by atoms with van der Waals surface area (Å²) < 4.78 is 10.4. The molecule has 0 atom stereocenters. The summed E-state index contributed by atoms with van der Waals surface area (Å²) >= 11 is 0. The number of ether oxygens (including phenoxy) is 2. The average molecular weight is 329 g/mol. The summed E-state index contributed by atoms with van der Waals surface area (Å²) in [5.74, 6) is 0.670. The van der Waals surface area contributed by atoms with E-state index in [9.17, 15) is 4.79 Å². The van der Waals surface area contributed by atoms with Gasteiger partial charge in [-0.1, -0.05) is 12.1 Å². The normalized spacial score (nSPS) is 10.5. The van der Waals surface area contributed by atoms with E-state index in [1.165, 1.54) is 13.3 Å². The lowest BCUT2D eigenvalue weighted by Crippen LogP contribution is -2.36. The third-order valence-corrected chi connectivity index (χ3v) is 3.51. The molecule has 0 spiro atoms. The minimum atomic E-state index is -0.153. The zero-order chi connectivity index (χ0) is 17.5. The van der Waals surface area contributed by atoms with E-state index in [1.807, 2.05) is 45.0 Å². The molecule has 128 valence electrons. The molecule has 1 aromatic carbocycles. The first-order valence-corrected chi connectivity index (χ1v) is 7.95. The highest BCUT2D eigenvalue weighted by Gasteiger charge is 2.21. The molecule has 6 heteroatoms. The van der Waals surface area contributed by atoms with E-state index in [0.717, 1.165) is 11.3 Å². The maximum Gasteiger partial charge on any atom is 0.316 e. The van der Waals surface area contributed by atoms with Crippen LogP contribution in [0.1, 0.15) is 36.8 Å². The second-order valence-electron chi connectivity index (χ2n) is 5.53. The number of hydrogen-bond acceptors (Lipinski definition) is 5. The van der Waals surface area contributed by atoms with Crippen molar-refractivity contribution in [3.05, 3.63) is 47.8 Å². The molecule has 0 aliphatic heterocycles. The van der Waals surface area contributed by atoms with E-state index in [-0.39, 0.29) is 18.0 Å². The second-order valence-corrected chi connectivity index (χ2v) is 5.53. The summed E-state index contributed by atoms with van der Waals surface area (Å²) in [6.07, 6.45) is 1.52. The number of carbonyl (C=O) groups is 1. The van der Waals surface area contributed by atoms with E-state index in [1.54, 1.807) is 11.0 Å². The standard InChI is InChI=1S/C18H23N3O3/c1-5-24-15-8-6-14(7-9-15)12-21(13(2)3)17(22)16-10-11-19-18(20-16)23-4/h6-11,13H,5,12H2,1-4H3. The van der Waals surface area contributed by atoms with Crippen LogP contribution in [0.4, 0.5) is 0 Å². The van der Waals surface area contributed by atoms with Crippen molar-refractivity contribution in [1.82, 2.24) is 14.9 Å². The van der Waals surface area contributed by atoms with Crippen molar-refractivity contribution in [3.8, 4) is 11.8 Å². The van der Waals surface area contributed by atoms with E-state index in [2.05, 4.69) is 9.97 Å². The molecule has 0 bridgehead atoms. The minimum absolute atomic E-state index is 0.0324. The highest BCUT2D eigenvalue weighted by Crippen LogP contribution is 2.17. The van der Waals surface area contributed by atoms with Gasteiger partial charge in [0.15, 0.2) is 0 Å². The molecule has 0 aliphatic rings. The molecular formula is C18H23N3O3. The first-order valence-electron chi connectivity index (χ1n) is 7.95. The van der Waals surface area contributed by atoms with Gasteiger partial charge in [-0.2, -0.15) is 4.98 Å². The Balaban J connectivity index is 2.17. The van der Waals surface area contributed by atoms with E-state index in [0.29, 0.717) is 18.8 Å². The number of methoxy groups -OCH3 is 1. The Morgan fingerprint density at radius 2 is 1.92 bits per heavy atom. The van der Waals surface area contributed by atoms with Crippen molar-refractivity contribution in [2.45, 2.75) is 33.4 Å². The maximum absolute atomic E-state index is 12.8. The van der Waals surface area contributed by atoms with Crippen molar-refractivity contribution in [2.75, 3.05) is 13.7 Å². The van der Waals surface area contributed by atoms with Gasteiger partial charge in [0.2, 0.25) is 0 Å². The van der Waals surface area contributed by atoms with Crippen LogP contribution in [0.3, 0.4) is 0 Å². The zero-order valence-electron chi connectivity index (χ0n) is 14.5. The Labute approximate surface area is 142 Å². The lowest BCUT2D eigenvalue weighted by atomic mass is 10.1. The molecule has 2 rings (SSSR count). The molecule has 1 aromatic heterocycles. The van der Waals surface area contributed by atoms with Crippen LogP contribution < -0.4 is 9.47 Å². The maximum atomic E-state index is 12.8. The average Bonchev–Trinajstić information content (AvgIpc) is 2.60. The molecule has 0 saturated carbocycles. The lowest BCUT2D eigenvalue weighted by molar-refractivity contribution is 0.0683. The van der Waals surface area contributed by atoms with E-state index >= 15 is 0 Å². The fraction of sp³-hybridized carbons (Fsp3) is 0.389. The summed E-state index contributed by atoms with van der Waals surface area (Å²) in [6, 6.07) is 9.57. The fourth-order valence-corrected chi connectivity index (χ4v) is 2.25. The summed E-state index contributed by atoms with van der Waals surface area (Å²) in [7, 11) is 1.48. The number of rotatable bonds is 7. The topological polar surface area (TPSA) is 64.5 Å². The van der Waals surface area contributed by atoms with Crippen molar-refractivity contribution in [3.63, 3.8) is 0 Å². The highest BCUT2D eigenvalue weighted by molar-refractivity contribution is 5.92. The van der Waals surface area contributed by atoms with Crippen LogP contribution in [0, 0.1) is 0 Å². The number of amides is 1. The van der Waals surface area contributed by atoms with Gasteiger partial charge in [-0.05, 0) is 44.5 Å². The van der Waals surface area contributed by atoms with Crippen LogP contribution in [0.2, 0.25) is 0 Å². The smallest absolute Gasteiger partial charge is 0.316 e. The third-order valence-electron chi connectivity index (χ3n) is 3.51. The van der Waals surface area contributed by atoms with Crippen molar-refractivity contribution in [1.29, 1.82) is 0 Å². The van der Waals surface area contributed by atoms with E-state index in [4.69, 9.17) is 9.47 Å². The van der Waals surface area contributed by atoms with E-state index < -0.39 is 0 Å². The summed E-state index contributed by atoms with van der Waals surface area (Å²) in [5.41, 5.74) is 1.35. The molecular weight excluding hydrogens is 306 g/mol. The monoisotopic (exact) mass is 329 g/mol. The van der Waals surface area contributed by atoms with Crippen molar-refractivity contribution >= 4 is 5.91 Å². The molecule has 0 N–H and O–H groups in total. The summed E-state index contributed by atoms with van der Waals surface area (Å²) in [5, 5.41) is 0. The van der Waals surface area contributed by atoms with Crippen molar-refractivity contribution in [2.24, 2.45) is 0 Å². The van der Waals surface area contributed by atoms with Gasteiger partial charge in [-0.15, -0.1) is 0 Å². The largest absolute Gasteiger partial charge is 0.494 e. The molecule has 0 saturated heterocycles. The molecule has 6 nitrogen and oxygen atoms in total. The number of benzene rings is 1. The Kier molecular flexibility index (Phi) is 6.12. The molecule has 0 unspecified atom stereocenters. The number of hydrogen-bond donors (Lipinski definition) is 0. The number of carbonyl (C=O) groups excluding carboxylic acids is 1. The van der Waals surface area contributed by atoms with Crippen LogP contribution in [-0.4, -0.2) is 40.5 Å². The Bertz CT molecular complexity index is 671. The van der Waals surface area contributed by atoms with Crippen LogP contribution >= 0.6 is 0 Å². The molecule has 0 radical (unpaired) electrons. The van der Waals surface area contributed by atoms with Gasteiger partial charge in [0.25, 0.3) is 5.91 Å². The number of nitrogens with zero attached hydrogens (tertiary/aromatic N) is 3. The second kappa shape index (κ2) is 8.29. The van der Waals surface area contributed by atoms with Gasteiger partial charge >= 0.3 is 6.01 Å². The van der Waals surface area contributed by atoms with Crippen LogP contribution in [0.25, 0.3) is 0 Å². The number of aromatic nitrogens is 2. The molecule has 0 fully saturated rings. The Hall–Kier alpha value is -2.63. The molecule has 24 heavy (non-hydrogen) atoms. The van der Waals surface area contributed by atoms with Gasteiger partial charge in [-0.25, -0.2) is 4.98 Å². The molecule has 0 aliphatic carbocycles. The van der Waals surface area contributed by atoms with Crippen LogP contribution in [0.5, 0.6) is 11.8 Å². The highest BCUT2D eigenvalue weighted by atomic mass is 16.5. The van der Waals surface area contributed by atoms with Gasteiger partial charge in [0, 0.05) is 18.8 Å². The lowest BCUT2D eigenvalue weighted by Gasteiger charge is -2.26. The Morgan fingerprint density at radius 1 is 1.21 bits per heavy atom. The van der Waals surface area contributed by atoms with Gasteiger partial charge in [0.05, 0.1) is 13.7 Å². The molecule has 1 amide bonds. The quantitative estimate of drug-likeness (QED) is 0.781. The van der Waals surface area contributed by atoms with Crippen LogP contribution in [-0.2, 0) is 6.54 Å². The SMILES string of the molecule is CCOc1ccc(CN(C(=O)c2ccnc(OC)n2)C(C)C)cc1. The van der Waals surface area contributed by atoms with Gasteiger partial charge < -0.3 is 14.4 Å². The third kappa shape index (κ3) is 4.44. The summed E-state index contributed by atoms with van der Waals surface area (Å²) in [6.45, 7) is 7.03. The van der Waals surface area contributed by atoms with Crippen molar-refractivity contribution < 1.29 is 14.3 Å². The first kappa shape index (κ1) is 17.7. The fourth-order valence-electron chi connectivity index (χ4n) is 2.25. The Morgan fingerprint density at radius 3 is 2.50 bits per heavy atom. The molecule has 2 aromatic rings. The predicted octanol–water partition coefficient (Wildman–Crippen LogP) is 2.93. The van der Waals surface area contributed by atoms with Gasteiger partial charge in [-0.3, -0.25) is 4.79 Å². The first-order chi connectivity index (χ1) is 11.5.